The lowest BCUT2D eigenvalue weighted by atomic mass is 9.95. The van der Waals surface area contributed by atoms with Crippen molar-refractivity contribution in [2.75, 3.05) is 11.5 Å². The van der Waals surface area contributed by atoms with Crippen LogP contribution in [0, 0.1) is 0 Å². The Kier molecular flexibility index (Phi) is 9.38. The average Bonchev–Trinajstić information content (AvgIpc) is 3.65. The number of allylic oxidation sites excluding steroid dienone is 1. The first-order valence-electron chi connectivity index (χ1n) is 14.7. The summed E-state index contributed by atoms with van der Waals surface area (Å²) in [6, 6.07) is 30.2. The average molecular weight is 634 g/mol. The predicted molar refractivity (Wildman–Crippen MR) is 181 cm³/mol. The maximum Gasteiger partial charge on any atom is 0.296 e. The van der Waals surface area contributed by atoms with Gasteiger partial charge < -0.3 is 9.84 Å². The van der Waals surface area contributed by atoms with Crippen LogP contribution in [-0.4, -0.2) is 33.6 Å². The van der Waals surface area contributed by atoms with Crippen LogP contribution in [0.25, 0.3) is 16.8 Å². The van der Waals surface area contributed by atoms with Crippen molar-refractivity contribution in [3.8, 4) is 5.75 Å². The van der Waals surface area contributed by atoms with Crippen molar-refractivity contribution in [3.05, 3.63) is 131 Å². The van der Waals surface area contributed by atoms with Gasteiger partial charge in [0.15, 0.2) is 15.9 Å². The zero-order valence-electron chi connectivity index (χ0n) is 24.6. The van der Waals surface area contributed by atoms with E-state index < -0.39 is 23.5 Å². The minimum Gasteiger partial charge on any atom is -0.503 e. The Balaban J connectivity index is 1.31. The number of nitrogens with zero attached hydrogens (tertiary/aromatic N) is 3. The van der Waals surface area contributed by atoms with Gasteiger partial charge in [0.25, 0.3) is 5.91 Å². The van der Waals surface area contributed by atoms with Gasteiger partial charge in [0, 0.05) is 5.75 Å². The lowest BCUT2D eigenvalue weighted by Gasteiger charge is -2.24. The zero-order valence-corrected chi connectivity index (χ0v) is 26.3. The molecule has 9 heteroatoms. The number of aromatic nitrogens is 2. The molecular formula is C36H31N3O4S2. The van der Waals surface area contributed by atoms with Crippen molar-refractivity contribution in [1.82, 2.24) is 10.2 Å². The highest BCUT2D eigenvalue weighted by Gasteiger charge is 2.45. The summed E-state index contributed by atoms with van der Waals surface area (Å²) in [4.78, 5) is 28.7. The fourth-order valence-corrected chi connectivity index (χ4v) is 7.09. The summed E-state index contributed by atoms with van der Waals surface area (Å²) in [5, 5.41) is 22.5. The number of carbonyl (C=O) groups excluding carboxylic acids is 2. The second-order valence-electron chi connectivity index (χ2n) is 10.5. The van der Waals surface area contributed by atoms with Crippen LogP contribution in [0.3, 0.4) is 0 Å². The molecule has 1 N–H and O–H groups in total. The van der Waals surface area contributed by atoms with E-state index in [9.17, 15) is 14.7 Å². The van der Waals surface area contributed by atoms with Gasteiger partial charge in [-0.3, -0.25) is 14.5 Å². The molecule has 0 bridgehead atoms. The number of hydrogen-bond donors (Lipinski definition) is 1. The molecule has 7 nitrogen and oxygen atoms in total. The number of aliphatic hydroxyl groups excluding tert-OH is 1. The smallest absolute Gasteiger partial charge is 0.296 e. The van der Waals surface area contributed by atoms with Crippen LogP contribution in [0.1, 0.15) is 42.5 Å². The van der Waals surface area contributed by atoms with Crippen molar-refractivity contribution in [1.29, 1.82) is 0 Å². The minimum atomic E-state index is -0.913. The van der Waals surface area contributed by atoms with Gasteiger partial charge in [-0.05, 0) is 52.1 Å². The number of carbonyl (C=O) groups is 2. The summed E-state index contributed by atoms with van der Waals surface area (Å²) in [5.41, 5.74) is 2.60. The number of unbranched alkanes of at least 4 members (excludes halogenated alkanes) is 1. The van der Waals surface area contributed by atoms with Crippen molar-refractivity contribution in [2.24, 2.45) is 0 Å². The van der Waals surface area contributed by atoms with Gasteiger partial charge in [-0.15, -0.1) is 10.2 Å². The van der Waals surface area contributed by atoms with E-state index in [1.807, 2.05) is 72.8 Å². The zero-order chi connectivity index (χ0) is 31.2. The maximum absolute atomic E-state index is 13.7. The number of benzene rings is 4. The normalized spacial score (nSPS) is 15.0. The van der Waals surface area contributed by atoms with Crippen LogP contribution in [0.4, 0.5) is 5.13 Å². The summed E-state index contributed by atoms with van der Waals surface area (Å²) >= 11 is 2.78. The molecule has 1 atom stereocenters. The molecule has 6 rings (SSSR count). The Hall–Kier alpha value is -4.73. The summed E-state index contributed by atoms with van der Waals surface area (Å²) in [6.45, 7) is 2.64. The molecule has 0 saturated heterocycles. The van der Waals surface area contributed by atoms with Crippen LogP contribution in [0.15, 0.2) is 119 Å². The number of amides is 1. The van der Waals surface area contributed by atoms with Crippen molar-refractivity contribution in [3.63, 3.8) is 0 Å². The van der Waals surface area contributed by atoms with E-state index in [0.717, 1.165) is 18.4 Å². The van der Waals surface area contributed by atoms with E-state index in [1.54, 1.807) is 6.08 Å². The van der Waals surface area contributed by atoms with Crippen LogP contribution >= 0.6 is 23.1 Å². The highest BCUT2D eigenvalue weighted by molar-refractivity contribution is 8.00. The van der Waals surface area contributed by atoms with Crippen LogP contribution < -0.4 is 9.64 Å². The number of anilines is 1. The highest BCUT2D eigenvalue weighted by atomic mass is 32.2. The fourth-order valence-electron chi connectivity index (χ4n) is 5.22. The molecule has 1 amide bonds. The van der Waals surface area contributed by atoms with Gasteiger partial charge in [-0.25, -0.2) is 0 Å². The topological polar surface area (TPSA) is 92.6 Å². The molecule has 1 aliphatic rings. The number of fused-ring (bicyclic) bond motifs is 1. The van der Waals surface area contributed by atoms with Crippen LogP contribution in [0.5, 0.6) is 5.75 Å². The molecule has 5 aromatic rings. The molecule has 45 heavy (non-hydrogen) atoms. The quantitative estimate of drug-likeness (QED) is 0.0639. The molecule has 1 aliphatic heterocycles. The third-order valence-corrected chi connectivity index (χ3v) is 9.58. The lowest BCUT2D eigenvalue weighted by Crippen LogP contribution is -2.30. The van der Waals surface area contributed by atoms with E-state index in [4.69, 9.17) is 4.74 Å². The van der Waals surface area contributed by atoms with Gasteiger partial charge in [-0.2, -0.15) is 0 Å². The number of hydrogen-bond acceptors (Lipinski definition) is 8. The Morgan fingerprint density at radius 2 is 1.78 bits per heavy atom. The molecule has 0 spiro atoms. The summed E-state index contributed by atoms with van der Waals surface area (Å²) in [7, 11) is 0. The maximum atomic E-state index is 13.7. The number of thioether (sulfide) groups is 1. The first-order chi connectivity index (χ1) is 22.0. The Morgan fingerprint density at radius 3 is 2.62 bits per heavy atom. The molecule has 0 saturated carbocycles. The van der Waals surface area contributed by atoms with Crippen molar-refractivity contribution >= 4 is 56.8 Å². The first-order valence-corrected chi connectivity index (χ1v) is 16.5. The van der Waals surface area contributed by atoms with Crippen LogP contribution in [0.2, 0.25) is 0 Å². The van der Waals surface area contributed by atoms with Gasteiger partial charge >= 0.3 is 0 Å². The summed E-state index contributed by atoms with van der Waals surface area (Å²) in [5.74, 6) is -0.475. The molecule has 1 aromatic heterocycles. The van der Waals surface area contributed by atoms with Gasteiger partial charge in [0.05, 0.1) is 18.2 Å². The molecule has 1 unspecified atom stereocenters. The molecule has 0 fully saturated rings. The second-order valence-corrected chi connectivity index (χ2v) is 12.7. The number of ether oxygens (including phenoxy) is 1. The molecule has 0 aliphatic carbocycles. The highest BCUT2D eigenvalue weighted by Crippen LogP contribution is 2.44. The van der Waals surface area contributed by atoms with E-state index in [2.05, 4.69) is 41.4 Å². The van der Waals surface area contributed by atoms with Gasteiger partial charge in [0.2, 0.25) is 5.13 Å². The fraction of sp³-hybridized carbons (Fsp3) is 0.167. The van der Waals surface area contributed by atoms with E-state index >= 15 is 0 Å². The molecule has 226 valence electrons. The Bertz CT molecular complexity index is 1900. The Morgan fingerprint density at radius 1 is 1.00 bits per heavy atom. The second kappa shape index (κ2) is 13.9. The third-order valence-electron chi connectivity index (χ3n) is 7.47. The summed E-state index contributed by atoms with van der Waals surface area (Å²) < 4.78 is 6.61. The van der Waals surface area contributed by atoms with Crippen molar-refractivity contribution in [2.45, 2.75) is 35.9 Å². The first kappa shape index (κ1) is 30.3. The largest absolute Gasteiger partial charge is 0.503 e. The molecular weight excluding hydrogens is 603 g/mol. The molecule has 0 radical (unpaired) electrons. The van der Waals surface area contributed by atoms with Gasteiger partial charge in [-0.1, -0.05) is 127 Å². The number of ketones is 1. The SMILES string of the molecule is CCCCOc1cccc(C2C(C(=O)/C=C/c3ccccc3)=C(O)C(=O)N2c2nnc(SCc3cccc4ccccc34)s2)c1. The predicted octanol–water partition coefficient (Wildman–Crippen LogP) is 8.35. The molecule has 4 aromatic carbocycles. The number of rotatable bonds is 12. The van der Waals surface area contributed by atoms with Gasteiger partial charge in [0.1, 0.15) is 5.75 Å². The lowest BCUT2D eigenvalue weighted by molar-refractivity contribution is -0.117. The minimum absolute atomic E-state index is 0.0157. The Labute approximate surface area is 269 Å². The van der Waals surface area contributed by atoms with E-state index in [0.29, 0.717) is 33.1 Å². The van der Waals surface area contributed by atoms with E-state index in [1.165, 1.54) is 50.4 Å². The summed E-state index contributed by atoms with van der Waals surface area (Å²) in [6.07, 6.45) is 4.95. The van der Waals surface area contributed by atoms with Crippen LogP contribution in [-0.2, 0) is 15.3 Å². The number of aliphatic hydroxyl groups is 1. The van der Waals surface area contributed by atoms with E-state index in [-0.39, 0.29) is 5.57 Å². The third kappa shape index (κ3) is 6.69. The standard InChI is InChI=1S/C36H31N3O4S2/c1-2-3-21-43-28-17-10-15-26(22-28)32-31(30(40)20-19-24-11-5-4-6-12-24)33(41)34(42)39(32)35-37-38-36(45-35)44-23-27-16-9-14-25-13-7-8-18-29(25)27/h4-20,22,32,41H,2-3,21,23H2,1H3/b20-19+. The molecule has 2 heterocycles. The monoisotopic (exact) mass is 633 g/mol. The van der Waals surface area contributed by atoms with Crippen molar-refractivity contribution < 1.29 is 19.4 Å².